The van der Waals surface area contributed by atoms with Crippen LogP contribution >= 0.6 is 46.4 Å². The van der Waals surface area contributed by atoms with Crippen LogP contribution in [0.4, 0.5) is 5.69 Å². The second kappa shape index (κ2) is 14.4. The summed E-state index contributed by atoms with van der Waals surface area (Å²) in [5.41, 5.74) is 0.449. The zero-order valence-corrected chi connectivity index (χ0v) is 25.8. The molecule has 0 fully saturated rings. The average Bonchev–Trinajstić information content (AvgIpc) is 2.94. The van der Waals surface area contributed by atoms with E-state index in [1.165, 1.54) is 35.2 Å². The van der Waals surface area contributed by atoms with E-state index in [0.717, 1.165) is 4.31 Å². The van der Waals surface area contributed by atoms with Crippen LogP contribution in [0.1, 0.15) is 32.3 Å². The molecule has 0 bridgehead atoms. The van der Waals surface area contributed by atoms with Gasteiger partial charge in [-0.1, -0.05) is 90.6 Å². The van der Waals surface area contributed by atoms with E-state index in [-0.39, 0.29) is 39.5 Å². The first-order valence-corrected chi connectivity index (χ1v) is 15.5. The second-order valence-electron chi connectivity index (χ2n) is 8.83. The molecule has 1 atom stereocenters. The van der Waals surface area contributed by atoms with Crippen molar-refractivity contribution in [3.8, 4) is 0 Å². The first-order chi connectivity index (χ1) is 19.0. The fraction of sp³-hybridized carbons (Fsp3) is 0.286. The van der Waals surface area contributed by atoms with E-state index >= 15 is 0 Å². The predicted molar refractivity (Wildman–Crippen MR) is 162 cm³/mol. The summed E-state index contributed by atoms with van der Waals surface area (Å²) in [4.78, 5) is 28.5. The van der Waals surface area contributed by atoms with Crippen molar-refractivity contribution in [3.05, 3.63) is 92.4 Å². The largest absolute Gasteiger partial charge is 0.354 e. The number of carbonyl (C=O) groups is 2. The van der Waals surface area contributed by atoms with Crippen molar-refractivity contribution in [3.63, 3.8) is 0 Å². The molecule has 3 rings (SSSR count). The molecule has 0 unspecified atom stereocenters. The van der Waals surface area contributed by atoms with Crippen molar-refractivity contribution < 1.29 is 18.0 Å². The van der Waals surface area contributed by atoms with Gasteiger partial charge in [-0.2, -0.15) is 0 Å². The lowest BCUT2D eigenvalue weighted by Gasteiger charge is -2.33. The van der Waals surface area contributed by atoms with Crippen molar-refractivity contribution in [1.82, 2.24) is 10.2 Å². The number of hydrogen-bond donors (Lipinski definition) is 1. The van der Waals surface area contributed by atoms with E-state index in [1.54, 1.807) is 43.3 Å². The average molecular weight is 645 g/mol. The molecule has 0 saturated heterocycles. The summed E-state index contributed by atoms with van der Waals surface area (Å²) in [7, 11) is -4.29. The SMILES string of the molecule is CCCNC(=O)[C@H](CC)N(Cc1c(Cl)cccc1Cl)C(=O)CN(c1cccc(Cl)c1Cl)S(=O)(=O)c1ccccc1. The Balaban J connectivity index is 2.12. The molecule has 0 spiro atoms. The van der Waals surface area contributed by atoms with Gasteiger partial charge in [0.05, 0.1) is 20.6 Å². The minimum absolute atomic E-state index is 0.0191. The standard InChI is InChI=1S/C28H29Cl4N3O4S/c1-3-16-33-28(37)24(4-2)34(17-20-21(29)12-8-13-22(20)30)26(36)18-35(25-15-9-14-23(31)27(25)32)40(38,39)19-10-6-5-7-11-19/h5-15,24H,3-4,16-18H2,1-2H3,(H,33,37)/t24-/m0/s1. The third-order valence-electron chi connectivity index (χ3n) is 6.14. The summed E-state index contributed by atoms with van der Waals surface area (Å²) in [5.74, 6) is -1.04. The molecule has 0 saturated carbocycles. The molecule has 0 radical (unpaired) electrons. The summed E-state index contributed by atoms with van der Waals surface area (Å²) in [6.07, 6.45) is 0.954. The molecule has 40 heavy (non-hydrogen) atoms. The Kier molecular flexibility index (Phi) is 11.5. The monoisotopic (exact) mass is 643 g/mol. The van der Waals surface area contributed by atoms with Crippen LogP contribution in [0, 0.1) is 0 Å². The lowest BCUT2D eigenvalue weighted by atomic mass is 10.1. The zero-order valence-electron chi connectivity index (χ0n) is 21.9. The van der Waals surface area contributed by atoms with Gasteiger partial charge in [-0.3, -0.25) is 13.9 Å². The number of nitrogens with one attached hydrogen (secondary N) is 1. The molecule has 1 N–H and O–H groups in total. The van der Waals surface area contributed by atoms with E-state index in [4.69, 9.17) is 46.4 Å². The van der Waals surface area contributed by atoms with Gasteiger partial charge < -0.3 is 10.2 Å². The van der Waals surface area contributed by atoms with Gasteiger partial charge in [-0.15, -0.1) is 0 Å². The van der Waals surface area contributed by atoms with E-state index in [9.17, 15) is 18.0 Å². The number of sulfonamides is 1. The minimum atomic E-state index is -4.29. The molecule has 7 nitrogen and oxygen atoms in total. The van der Waals surface area contributed by atoms with Crippen LogP contribution in [-0.2, 0) is 26.2 Å². The Bertz CT molecular complexity index is 1430. The summed E-state index contributed by atoms with van der Waals surface area (Å²) in [6, 6.07) is 16.2. The normalized spacial score (nSPS) is 12.1. The number of carbonyl (C=O) groups excluding carboxylic acids is 2. The first kappa shape index (κ1) is 32.0. The molecule has 12 heteroatoms. The number of benzene rings is 3. The van der Waals surface area contributed by atoms with Crippen LogP contribution in [0.15, 0.2) is 71.6 Å². The number of amides is 2. The van der Waals surface area contributed by atoms with Gasteiger partial charge in [-0.05, 0) is 49.2 Å². The Morgan fingerprint density at radius 3 is 2.05 bits per heavy atom. The Hall–Kier alpha value is -2.49. The van der Waals surface area contributed by atoms with Crippen molar-refractivity contribution in [1.29, 1.82) is 0 Å². The van der Waals surface area contributed by atoms with Crippen molar-refractivity contribution in [2.45, 2.75) is 44.2 Å². The van der Waals surface area contributed by atoms with Gasteiger partial charge in [-0.25, -0.2) is 8.42 Å². The maximum absolute atomic E-state index is 14.1. The minimum Gasteiger partial charge on any atom is -0.354 e. The van der Waals surface area contributed by atoms with Crippen molar-refractivity contribution in [2.75, 3.05) is 17.4 Å². The molecule has 0 aromatic heterocycles. The maximum Gasteiger partial charge on any atom is 0.264 e. The molecular weight excluding hydrogens is 616 g/mol. The Labute approximate surface area is 255 Å². The van der Waals surface area contributed by atoms with E-state index in [1.807, 2.05) is 6.92 Å². The molecular formula is C28H29Cl4N3O4S. The third-order valence-corrected chi connectivity index (χ3v) is 9.43. The molecule has 0 aliphatic heterocycles. The molecule has 2 amide bonds. The summed E-state index contributed by atoms with van der Waals surface area (Å²) in [5, 5.41) is 3.51. The molecule has 0 heterocycles. The highest BCUT2D eigenvalue weighted by atomic mass is 35.5. The van der Waals surface area contributed by atoms with Crippen LogP contribution < -0.4 is 9.62 Å². The molecule has 0 aliphatic carbocycles. The van der Waals surface area contributed by atoms with Gasteiger partial charge in [0.15, 0.2) is 0 Å². The van der Waals surface area contributed by atoms with E-state index in [2.05, 4.69) is 5.32 Å². The van der Waals surface area contributed by atoms with Crippen LogP contribution in [0.5, 0.6) is 0 Å². The molecule has 0 aliphatic rings. The maximum atomic E-state index is 14.1. The number of hydrogen-bond acceptors (Lipinski definition) is 4. The third kappa shape index (κ3) is 7.42. The number of halogens is 4. The predicted octanol–water partition coefficient (Wildman–Crippen LogP) is 6.83. The van der Waals surface area contributed by atoms with Crippen LogP contribution in [0.25, 0.3) is 0 Å². The van der Waals surface area contributed by atoms with Crippen LogP contribution in [-0.4, -0.2) is 44.3 Å². The smallest absolute Gasteiger partial charge is 0.264 e. The quantitative estimate of drug-likeness (QED) is 0.234. The topological polar surface area (TPSA) is 86.8 Å². The molecule has 214 valence electrons. The molecule has 3 aromatic carbocycles. The van der Waals surface area contributed by atoms with E-state index < -0.39 is 28.5 Å². The van der Waals surface area contributed by atoms with Gasteiger partial charge in [0.1, 0.15) is 12.6 Å². The van der Waals surface area contributed by atoms with Crippen LogP contribution in [0.2, 0.25) is 20.1 Å². The Morgan fingerprint density at radius 2 is 1.45 bits per heavy atom. The highest BCUT2D eigenvalue weighted by molar-refractivity contribution is 7.92. The lowest BCUT2D eigenvalue weighted by Crippen LogP contribution is -2.52. The number of anilines is 1. The van der Waals surface area contributed by atoms with E-state index in [0.29, 0.717) is 28.6 Å². The Morgan fingerprint density at radius 1 is 0.850 bits per heavy atom. The summed E-state index contributed by atoms with van der Waals surface area (Å²) < 4.78 is 28.6. The highest BCUT2D eigenvalue weighted by Crippen LogP contribution is 2.36. The van der Waals surface area contributed by atoms with Gasteiger partial charge in [0.2, 0.25) is 11.8 Å². The second-order valence-corrected chi connectivity index (χ2v) is 12.3. The highest BCUT2D eigenvalue weighted by Gasteiger charge is 2.35. The number of nitrogens with zero attached hydrogens (tertiary/aromatic N) is 2. The fourth-order valence-corrected chi connectivity index (χ4v) is 6.47. The zero-order chi connectivity index (χ0) is 29.4. The molecule has 3 aromatic rings. The van der Waals surface area contributed by atoms with Gasteiger partial charge in [0, 0.05) is 28.7 Å². The lowest BCUT2D eigenvalue weighted by molar-refractivity contribution is -0.140. The van der Waals surface area contributed by atoms with Gasteiger partial charge >= 0.3 is 0 Å². The van der Waals surface area contributed by atoms with Crippen LogP contribution in [0.3, 0.4) is 0 Å². The van der Waals surface area contributed by atoms with Crippen molar-refractivity contribution in [2.24, 2.45) is 0 Å². The van der Waals surface area contributed by atoms with Gasteiger partial charge in [0.25, 0.3) is 10.0 Å². The number of rotatable bonds is 12. The fourth-order valence-electron chi connectivity index (χ4n) is 4.06. The van der Waals surface area contributed by atoms with Crippen molar-refractivity contribution >= 4 is 73.9 Å². The first-order valence-electron chi connectivity index (χ1n) is 12.5. The summed E-state index contributed by atoms with van der Waals surface area (Å²) in [6.45, 7) is 3.29. The summed E-state index contributed by atoms with van der Waals surface area (Å²) >= 11 is 25.5.